The van der Waals surface area contributed by atoms with Crippen LogP contribution in [-0.4, -0.2) is 50.6 Å². The van der Waals surface area contributed by atoms with Crippen molar-refractivity contribution >= 4 is 11.9 Å². The zero-order valence-corrected chi connectivity index (χ0v) is 24.4. The average Bonchev–Trinajstić information content (AvgIpc) is 3.26. The molecule has 1 amide bonds. The predicted molar refractivity (Wildman–Crippen MR) is 152 cm³/mol. The van der Waals surface area contributed by atoms with E-state index in [1.165, 1.54) is 12.1 Å². The van der Waals surface area contributed by atoms with Crippen LogP contribution in [0.3, 0.4) is 0 Å². The molecule has 1 aromatic carbocycles. The molecule has 40 heavy (non-hydrogen) atoms. The van der Waals surface area contributed by atoms with Crippen LogP contribution in [-0.2, 0) is 16.0 Å². The molecule has 0 heterocycles. The van der Waals surface area contributed by atoms with Gasteiger partial charge in [0, 0.05) is 12.8 Å². The van der Waals surface area contributed by atoms with Gasteiger partial charge in [0.25, 0.3) is 0 Å². The molecule has 7 nitrogen and oxygen atoms in total. The smallest absolute Gasteiger partial charge is 0.326 e. The third kappa shape index (κ3) is 5.40. The molecule has 5 N–H and O–H groups in total. The first kappa shape index (κ1) is 29.4. The highest BCUT2D eigenvalue weighted by Crippen LogP contribution is 2.68. The highest BCUT2D eigenvalue weighted by atomic mass is 16.4. The number of nitrogens with one attached hydrogen (secondary N) is 1. The Balaban J connectivity index is 1.19. The second-order valence-electron chi connectivity index (χ2n) is 14.3. The largest absolute Gasteiger partial charge is 0.508 e. The van der Waals surface area contributed by atoms with Crippen molar-refractivity contribution < 1.29 is 30.0 Å². The molecule has 0 unspecified atom stereocenters. The number of hydrogen-bond donors (Lipinski definition) is 5. The van der Waals surface area contributed by atoms with Crippen LogP contribution in [0, 0.1) is 46.3 Å². The van der Waals surface area contributed by atoms with Crippen LogP contribution in [0.25, 0.3) is 0 Å². The Morgan fingerprint density at radius 3 is 2.35 bits per heavy atom. The number of hydrogen-bond acceptors (Lipinski definition) is 5. The van der Waals surface area contributed by atoms with Crippen LogP contribution in [0.4, 0.5) is 0 Å². The minimum absolute atomic E-state index is 0.121. The summed E-state index contributed by atoms with van der Waals surface area (Å²) in [5.74, 6) is 1.41. The fourth-order valence-electron chi connectivity index (χ4n) is 10.1. The third-order valence-electron chi connectivity index (χ3n) is 12.3. The van der Waals surface area contributed by atoms with E-state index in [0.717, 1.165) is 63.4 Å². The number of fused-ring (bicyclic) bond motifs is 5. The molecule has 11 atom stereocenters. The van der Waals surface area contributed by atoms with Crippen LogP contribution in [0.5, 0.6) is 5.75 Å². The zero-order valence-electron chi connectivity index (χ0n) is 24.4. The van der Waals surface area contributed by atoms with Crippen LogP contribution in [0.1, 0.15) is 90.5 Å². The van der Waals surface area contributed by atoms with Gasteiger partial charge in [-0.3, -0.25) is 4.79 Å². The Kier molecular flexibility index (Phi) is 8.28. The average molecular weight is 556 g/mol. The maximum Gasteiger partial charge on any atom is 0.326 e. The molecule has 4 saturated carbocycles. The van der Waals surface area contributed by atoms with Gasteiger partial charge in [0.05, 0.1) is 12.2 Å². The maximum atomic E-state index is 12.8. The first-order valence-corrected chi connectivity index (χ1v) is 15.6. The lowest BCUT2D eigenvalue weighted by atomic mass is 9.43. The Bertz CT molecular complexity index is 1080. The standard InChI is InChI=1S/C33H49NO6/c1-19(4-11-29(38)34-27(31(39)40)16-20-5-7-22(35)8-6-20)24-9-10-25-30-26(13-15-33(24,25)3)32(2)14-12-23(36)17-21(32)18-28(30)37/h5-8,19,21,23-28,30,35-37H,4,9-18H2,1-3H3,(H,34,38)(H,39,40)/t19-,21+,23-,24-,25+,26+,27+,28-,30+,32+,33-/m1/s1. The van der Waals surface area contributed by atoms with Crippen molar-refractivity contribution in [1.29, 1.82) is 0 Å². The summed E-state index contributed by atoms with van der Waals surface area (Å²) in [7, 11) is 0. The van der Waals surface area contributed by atoms with Crippen molar-refractivity contribution in [2.45, 2.75) is 110 Å². The molecule has 0 aliphatic heterocycles. The summed E-state index contributed by atoms with van der Waals surface area (Å²) in [5, 5.41) is 43.7. The Morgan fingerprint density at radius 1 is 0.975 bits per heavy atom. The number of phenols is 1. The van der Waals surface area contributed by atoms with E-state index in [0.29, 0.717) is 41.9 Å². The van der Waals surface area contributed by atoms with Crippen molar-refractivity contribution in [2.75, 3.05) is 0 Å². The summed E-state index contributed by atoms with van der Waals surface area (Å²) in [5.41, 5.74) is 1.11. The van der Waals surface area contributed by atoms with Crippen molar-refractivity contribution in [3.8, 4) is 5.75 Å². The fourth-order valence-corrected chi connectivity index (χ4v) is 10.1. The summed E-state index contributed by atoms with van der Waals surface area (Å²) in [6, 6.07) is 5.38. The van der Waals surface area contributed by atoms with E-state index in [-0.39, 0.29) is 41.1 Å². The zero-order chi connectivity index (χ0) is 28.8. The number of aliphatic carboxylic acids is 1. The molecule has 4 aliphatic rings. The monoisotopic (exact) mass is 555 g/mol. The van der Waals surface area contributed by atoms with Crippen molar-refractivity contribution in [2.24, 2.45) is 46.3 Å². The second kappa shape index (κ2) is 11.3. The predicted octanol–water partition coefficient (Wildman–Crippen LogP) is 4.91. The van der Waals surface area contributed by atoms with E-state index in [1.54, 1.807) is 12.1 Å². The summed E-state index contributed by atoms with van der Waals surface area (Å²) in [6.45, 7) is 7.13. The number of aliphatic hydroxyl groups is 2. The SMILES string of the molecule is C[C@H](CCC(=O)N[C@@H](Cc1ccc(O)cc1)C(=O)O)[C@H]1CC[C@H]2[C@@H]3[C@H](O)C[C@@H]4C[C@H](O)CC[C@]4(C)[C@H]3CC[C@]12C. The van der Waals surface area contributed by atoms with Gasteiger partial charge in [-0.2, -0.15) is 0 Å². The lowest BCUT2D eigenvalue weighted by molar-refractivity contribution is -0.174. The van der Waals surface area contributed by atoms with Gasteiger partial charge in [0.15, 0.2) is 0 Å². The molecule has 5 rings (SSSR count). The summed E-state index contributed by atoms with van der Waals surface area (Å²) in [6.07, 6.45) is 8.82. The minimum atomic E-state index is -1.06. The number of carboxylic acid groups (broad SMARTS) is 1. The summed E-state index contributed by atoms with van der Waals surface area (Å²) < 4.78 is 0. The molecule has 0 radical (unpaired) electrons. The van der Waals surface area contributed by atoms with Crippen LogP contribution >= 0.6 is 0 Å². The van der Waals surface area contributed by atoms with Gasteiger partial charge in [-0.1, -0.05) is 32.9 Å². The molecule has 4 fully saturated rings. The first-order valence-electron chi connectivity index (χ1n) is 15.6. The number of phenolic OH excluding ortho intramolecular Hbond substituents is 1. The number of rotatable bonds is 8. The number of aromatic hydroxyl groups is 1. The molecule has 1 aromatic rings. The quantitative estimate of drug-likeness (QED) is 0.310. The van der Waals surface area contributed by atoms with E-state index < -0.39 is 12.0 Å². The summed E-state index contributed by atoms with van der Waals surface area (Å²) in [4.78, 5) is 24.7. The third-order valence-corrected chi connectivity index (χ3v) is 12.3. The number of carbonyl (C=O) groups excluding carboxylic acids is 1. The lowest BCUT2D eigenvalue weighted by Gasteiger charge is -2.62. The topological polar surface area (TPSA) is 127 Å². The van der Waals surface area contributed by atoms with Crippen molar-refractivity contribution in [3.05, 3.63) is 29.8 Å². The molecule has 0 aromatic heterocycles. The molecule has 0 spiro atoms. The number of amides is 1. The minimum Gasteiger partial charge on any atom is -0.508 e. The van der Waals surface area contributed by atoms with E-state index >= 15 is 0 Å². The van der Waals surface area contributed by atoms with Gasteiger partial charge < -0.3 is 25.7 Å². The molecular weight excluding hydrogens is 506 g/mol. The summed E-state index contributed by atoms with van der Waals surface area (Å²) >= 11 is 0. The maximum absolute atomic E-state index is 12.8. The van der Waals surface area contributed by atoms with E-state index in [9.17, 15) is 30.0 Å². The Labute approximate surface area is 238 Å². The van der Waals surface area contributed by atoms with Crippen molar-refractivity contribution in [3.63, 3.8) is 0 Å². The van der Waals surface area contributed by atoms with Crippen LogP contribution < -0.4 is 5.32 Å². The molecule has 7 heteroatoms. The first-order chi connectivity index (χ1) is 18.9. The number of carbonyl (C=O) groups is 2. The molecule has 4 aliphatic carbocycles. The lowest BCUT2D eigenvalue weighted by Crippen LogP contribution is -2.58. The molecule has 0 bridgehead atoms. The van der Waals surface area contributed by atoms with Crippen LogP contribution in [0.2, 0.25) is 0 Å². The van der Waals surface area contributed by atoms with Gasteiger partial charge in [-0.05, 0) is 122 Å². The van der Waals surface area contributed by atoms with Gasteiger partial charge in [-0.15, -0.1) is 0 Å². The molecule has 0 saturated heterocycles. The van der Waals surface area contributed by atoms with Crippen molar-refractivity contribution in [1.82, 2.24) is 5.32 Å². The molecular formula is C33H49NO6. The van der Waals surface area contributed by atoms with Gasteiger partial charge >= 0.3 is 5.97 Å². The highest BCUT2D eigenvalue weighted by molar-refractivity contribution is 5.83. The number of aliphatic hydroxyl groups excluding tert-OH is 2. The van der Waals surface area contributed by atoms with Crippen LogP contribution in [0.15, 0.2) is 24.3 Å². The molecule has 222 valence electrons. The fraction of sp³-hybridized carbons (Fsp3) is 0.758. The highest BCUT2D eigenvalue weighted by Gasteiger charge is 2.62. The Hall–Kier alpha value is -2.12. The van der Waals surface area contributed by atoms with Gasteiger partial charge in [-0.25, -0.2) is 4.79 Å². The van der Waals surface area contributed by atoms with Gasteiger partial charge in [0.2, 0.25) is 5.91 Å². The second-order valence-corrected chi connectivity index (χ2v) is 14.3. The number of carboxylic acids is 1. The van der Waals surface area contributed by atoms with E-state index in [2.05, 4.69) is 26.1 Å². The normalized spacial score (nSPS) is 40.3. The number of benzene rings is 1. The Morgan fingerprint density at radius 2 is 1.65 bits per heavy atom. The van der Waals surface area contributed by atoms with E-state index in [4.69, 9.17) is 0 Å². The van der Waals surface area contributed by atoms with Gasteiger partial charge in [0.1, 0.15) is 11.8 Å². The van der Waals surface area contributed by atoms with E-state index in [1.807, 2.05) is 0 Å².